The van der Waals surface area contributed by atoms with Crippen LogP contribution in [-0.2, 0) is 6.42 Å². The number of hydrogen-bond acceptors (Lipinski definition) is 2. The highest BCUT2D eigenvalue weighted by atomic mass is 15.2. The van der Waals surface area contributed by atoms with Crippen LogP contribution in [0.15, 0.2) is 24.4 Å². The van der Waals surface area contributed by atoms with E-state index in [0.29, 0.717) is 5.92 Å². The third kappa shape index (κ3) is 1.21. The minimum absolute atomic E-state index is 0.105. The Balaban J connectivity index is 2.28. The molecule has 0 bridgehead atoms. The number of aryl methyl sites for hydroxylation is 1. The maximum atomic E-state index is 6.35. The number of aromatic nitrogens is 2. The van der Waals surface area contributed by atoms with E-state index in [1.54, 1.807) is 0 Å². The van der Waals surface area contributed by atoms with Crippen LogP contribution in [0.25, 0.3) is 5.52 Å². The van der Waals surface area contributed by atoms with E-state index in [9.17, 15) is 0 Å². The zero-order valence-electron chi connectivity index (χ0n) is 9.77. The van der Waals surface area contributed by atoms with E-state index in [1.165, 1.54) is 16.8 Å². The van der Waals surface area contributed by atoms with Gasteiger partial charge in [-0.15, -0.1) is 0 Å². The normalized spacial score (nSPS) is 29.3. The summed E-state index contributed by atoms with van der Waals surface area (Å²) in [5.41, 5.74) is 10.0. The molecule has 0 radical (unpaired) electrons. The Bertz CT molecular complexity index is 539. The first-order chi connectivity index (χ1) is 7.59. The van der Waals surface area contributed by atoms with Crippen LogP contribution in [0.2, 0.25) is 0 Å². The fourth-order valence-electron chi connectivity index (χ4n) is 2.66. The number of hydrogen-bond donors (Lipinski definition) is 1. The van der Waals surface area contributed by atoms with E-state index in [1.807, 2.05) is 16.8 Å². The highest BCUT2D eigenvalue weighted by molar-refractivity contribution is 5.59. The lowest BCUT2D eigenvalue weighted by atomic mass is 9.74. The molecule has 0 fully saturated rings. The monoisotopic (exact) mass is 215 g/mol. The molecule has 16 heavy (non-hydrogen) atoms. The molecular weight excluding hydrogens is 198 g/mol. The molecule has 0 amide bonds. The Labute approximate surface area is 95.3 Å². The van der Waals surface area contributed by atoms with Gasteiger partial charge in [0.2, 0.25) is 0 Å². The van der Waals surface area contributed by atoms with Crippen LogP contribution in [-0.4, -0.2) is 15.2 Å². The van der Waals surface area contributed by atoms with Crippen LogP contribution in [0.4, 0.5) is 0 Å². The van der Waals surface area contributed by atoms with E-state index in [2.05, 4.69) is 31.1 Å². The van der Waals surface area contributed by atoms with Crippen LogP contribution in [0.1, 0.15) is 37.4 Å². The van der Waals surface area contributed by atoms with Gasteiger partial charge in [0.05, 0.1) is 11.2 Å². The summed E-state index contributed by atoms with van der Waals surface area (Å²) in [7, 11) is 0. The molecule has 0 aliphatic heterocycles. The Kier molecular flexibility index (Phi) is 1.89. The molecule has 0 saturated carbocycles. The topological polar surface area (TPSA) is 43.3 Å². The van der Waals surface area contributed by atoms with E-state index in [0.717, 1.165) is 12.8 Å². The van der Waals surface area contributed by atoms with E-state index in [4.69, 9.17) is 5.73 Å². The molecule has 0 aromatic carbocycles. The average molecular weight is 215 g/mol. The molecule has 2 heterocycles. The van der Waals surface area contributed by atoms with Gasteiger partial charge in [0.1, 0.15) is 0 Å². The van der Waals surface area contributed by atoms with Gasteiger partial charge in [0.25, 0.3) is 0 Å². The number of rotatable bonds is 0. The maximum absolute atomic E-state index is 6.35. The molecule has 2 aromatic rings. The summed E-state index contributed by atoms with van der Waals surface area (Å²) < 4.78 is 1.97. The minimum Gasteiger partial charge on any atom is -0.325 e. The molecule has 1 aliphatic rings. The Morgan fingerprint density at radius 2 is 2.31 bits per heavy atom. The molecule has 3 rings (SSSR count). The van der Waals surface area contributed by atoms with Crippen molar-refractivity contribution in [3.05, 3.63) is 35.7 Å². The summed E-state index contributed by atoms with van der Waals surface area (Å²) in [4.78, 5) is 0. The zero-order chi connectivity index (χ0) is 11.3. The molecule has 2 unspecified atom stereocenters. The maximum Gasteiger partial charge on any atom is 0.0699 e. The average Bonchev–Trinajstić information content (AvgIpc) is 2.63. The molecule has 84 valence electrons. The van der Waals surface area contributed by atoms with Crippen LogP contribution in [0.5, 0.6) is 0 Å². The quantitative estimate of drug-likeness (QED) is 0.731. The van der Waals surface area contributed by atoms with Crippen molar-refractivity contribution >= 4 is 5.52 Å². The lowest BCUT2D eigenvalue weighted by molar-refractivity contribution is 0.347. The van der Waals surface area contributed by atoms with Crippen LogP contribution < -0.4 is 5.73 Å². The number of nitrogens with two attached hydrogens (primary N) is 1. The van der Waals surface area contributed by atoms with Gasteiger partial charge in [0, 0.05) is 23.2 Å². The van der Waals surface area contributed by atoms with Gasteiger partial charge in [-0.1, -0.05) is 13.0 Å². The number of nitrogens with zero attached hydrogens (tertiary/aromatic N) is 2. The Morgan fingerprint density at radius 1 is 1.50 bits per heavy atom. The van der Waals surface area contributed by atoms with Gasteiger partial charge in [-0.2, -0.15) is 5.10 Å². The van der Waals surface area contributed by atoms with E-state index in [-0.39, 0.29) is 5.54 Å². The van der Waals surface area contributed by atoms with Gasteiger partial charge in [-0.05, 0) is 31.9 Å². The molecule has 2 N–H and O–H groups in total. The van der Waals surface area contributed by atoms with Crippen LogP contribution >= 0.6 is 0 Å². The van der Waals surface area contributed by atoms with Crippen molar-refractivity contribution in [1.82, 2.24) is 9.61 Å². The van der Waals surface area contributed by atoms with Crippen molar-refractivity contribution in [2.24, 2.45) is 5.73 Å². The lowest BCUT2D eigenvalue weighted by Crippen LogP contribution is -2.44. The molecule has 1 aliphatic carbocycles. The Hall–Kier alpha value is -1.35. The van der Waals surface area contributed by atoms with Gasteiger partial charge in [0.15, 0.2) is 0 Å². The standard InChI is InChI=1S/C13H17N3/c1-9-12-10(6-7-13(9,2)14)15-16-8-4-3-5-11(12)16/h3-5,8-9H,6-7,14H2,1-2H3. The van der Waals surface area contributed by atoms with E-state index < -0.39 is 0 Å². The predicted octanol–water partition coefficient (Wildman–Crippen LogP) is 2.10. The largest absolute Gasteiger partial charge is 0.325 e. The first kappa shape index (κ1) is 9.85. The molecule has 0 saturated heterocycles. The predicted molar refractivity (Wildman–Crippen MR) is 64.5 cm³/mol. The SMILES string of the molecule is CC1c2c(nn3ccccc23)CCC1(C)N. The van der Waals surface area contributed by atoms with Crippen molar-refractivity contribution in [3.63, 3.8) is 0 Å². The fraction of sp³-hybridized carbons (Fsp3) is 0.462. The lowest BCUT2D eigenvalue weighted by Gasteiger charge is -2.35. The van der Waals surface area contributed by atoms with Crippen LogP contribution in [0, 0.1) is 0 Å². The highest BCUT2D eigenvalue weighted by Crippen LogP contribution is 2.38. The zero-order valence-corrected chi connectivity index (χ0v) is 9.77. The second kappa shape index (κ2) is 3.08. The van der Waals surface area contributed by atoms with Gasteiger partial charge in [-0.25, -0.2) is 4.52 Å². The highest BCUT2D eigenvalue weighted by Gasteiger charge is 2.36. The summed E-state index contributed by atoms with van der Waals surface area (Å²) in [5, 5.41) is 4.63. The third-order valence-electron chi connectivity index (χ3n) is 3.98. The summed E-state index contributed by atoms with van der Waals surface area (Å²) in [5.74, 6) is 0.371. The fourth-order valence-corrected chi connectivity index (χ4v) is 2.66. The summed E-state index contributed by atoms with van der Waals surface area (Å²) in [6.45, 7) is 4.36. The molecular formula is C13H17N3. The second-order valence-electron chi connectivity index (χ2n) is 5.12. The second-order valence-corrected chi connectivity index (χ2v) is 5.12. The molecule has 3 heteroatoms. The minimum atomic E-state index is -0.105. The van der Waals surface area contributed by atoms with Crippen molar-refractivity contribution in [1.29, 1.82) is 0 Å². The first-order valence-corrected chi connectivity index (χ1v) is 5.84. The molecule has 0 spiro atoms. The van der Waals surface area contributed by atoms with E-state index >= 15 is 0 Å². The van der Waals surface area contributed by atoms with Crippen LogP contribution in [0.3, 0.4) is 0 Å². The number of fused-ring (bicyclic) bond motifs is 3. The van der Waals surface area contributed by atoms with Gasteiger partial charge >= 0.3 is 0 Å². The van der Waals surface area contributed by atoms with Crippen molar-refractivity contribution < 1.29 is 0 Å². The summed E-state index contributed by atoms with van der Waals surface area (Å²) in [6, 6.07) is 6.20. The van der Waals surface area contributed by atoms with Gasteiger partial charge in [-0.3, -0.25) is 0 Å². The van der Waals surface area contributed by atoms with Crippen molar-refractivity contribution in [2.45, 2.75) is 38.1 Å². The third-order valence-corrected chi connectivity index (χ3v) is 3.98. The Morgan fingerprint density at radius 3 is 3.12 bits per heavy atom. The smallest absolute Gasteiger partial charge is 0.0699 e. The first-order valence-electron chi connectivity index (χ1n) is 5.84. The molecule has 3 nitrogen and oxygen atoms in total. The van der Waals surface area contributed by atoms with Crippen molar-refractivity contribution in [3.8, 4) is 0 Å². The molecule has 2 aromatic heterocycles. The molecule has 2 atom stereocenters. The van der Waals surface area contributed by atoms with Crippen molar-refractivity contribution in [2.75, 3.05) is 0 Å². The number of pyridine rings is 1. The summed E-state index contributed by atoms with van der Waals surface area (Å²) in [6.07, 6.45) is 4.02. The summed E-state index contributed by atoms with van der Waals surface area (Å²) >= 11 is 0. The van der Waals surface area contributed by atoms with Gasteiger partial charge < -0.3 is 5.73 Å².